The van der Waals surface area contributed by atoms with E-state index in [0.717, 1.165) is 25.5 Å². The molecule has 16 heavy (non-hydrogen) atoms. The van der Waals surface area contributed by atoms with Gasteiger partial charge in [-0.15, -0.1) is 0 Å². The summed E-state index contributed by atoms with van der Waals surface area (Å²) < 4.78 is 5.83. The van der Waals surface area contributed by atoms with Gasteiger partial charge in [-0.1, -0.05) is 26.7 Å². The molecule has 0 aromatic rings. The third kappa shape index (κ3) is 6.49. The van der Waals surface area contributed by atoms with E-state index in [4.69, 9.17) is 4.74 Å². The molecule has 0 bridgehead atoms. The molecule has 2 nitrogen and oxygen atoms in total. The third-order valence-electron chi connectivity index (χ3n) is 3.29. The number of nitrogens with one attached hydrogen (secondary N) is 1. The highest BCUT2D eigenvalue weighted by molar-refractivity contribution is 4.67. The van der Waals surface area contributed by atoms with E-state index >= 15 is 0 Å². The zero-order chi connectivity index (χ0) is 11.8. The predicted molar refractivity (Wildman–Crippen MR) is 69.7 cm³/mol. The number of hydrogen-bond donors (Lipinski definition) is 1. The summed E-state index contributed by atoms with van der Waals surface area (Å²) in [6.07, 6.45) is 8.31. The molecule has 0 heterocycles. The van der Waals surface area contributed by atoms with Crippen molar-refractivity contribution in [3.63, 3.8) is 0 Å². The minimum absolute atomic E-state index is 0.577. The van der Waals surface area contributed by atoms with Crippen LogP contribution in [0.5, 0.6) is 0 Å². The number of hydrogen-bond acceptors (Lipinski definition) is 2. The highest BCUT2D eigenvalue weighted by atomic mass is 16.5. The van der Waals surface area contributed by atoms with Gasteiger partial charge < -0.3 is 10.1 Å². The first-order valence-electron chi connectivity index (χ1n) is 7.03. The Bertz CT molecular complexity index is 164. The van der Waals surface area contributed by atoms with Gasteiger partial charge >= 0.3 is 0 Å². The Morgan fingerprint density at radius 2 is 1.88 bits per heavy atom. The van der Waals surface area contributed by atoms with E-state index in [0.29, 0.717) is 12.1 Å². The lowest BCUT2D eigenvalue weighted by Gasteiger charge is -2.16. The molecule has 0 aromatic heterocycles. The molecule has 0 saturated heterocycles. The molecular formula is C14H29NO. The molecule has 2 heteroatoms. The van der Waals surface area contributed by atoms with E-state index in [1.54, 1.807) is 0 Å². The second-order valence-electron chi connectivity index (χ2n) is 5.62. The standard InChI is InChI=1S/C14H29NO/c1-12(2)11-13(3)15-9-6-10-16-14-7-4-5-8-14/h12-15H,4-11H2,1-3H3. The van der Waals surface area contributed by atoms with Crippen LogP contribution < -0.4 is 5.32 Å². The second-order valence-corrected chi connectivity index (χ2v) is 5.62. The Labute approximate surface area is 101 Å². The molecule has 1 fully saturated rings. The van der Waals surface area contributed by atoms with Crippen molar-refractivity contribution in [2.24, 2.45) is 5.92 Å². The van der Waals surface area contributed by atoms with Gasteiger partial charge in [-0.3, -0.25) is 0 Å². The van der Waals surface area contributed by atoms with Crippen LogP contribution in [-0.2, 0) is 4.74 Å². The van der Waals surface area contributed by atoms with Gasteiger partial charge in [0.05, 0.1) is 6.10 Å². The van der Waals surface area contributed by atoms with Gasteiger partial charge in [0, 0.05) is 12.6 Å². The Balaban J connectivity index is 1.87. The van der Waals surface area contributed by atoms with Crippen LogP contribution in [-0.4, -0.2) is 25.3 Å². The van der Waals surface area contributed by atoms with Crippen molar-refractivity contribution in [3.8, 4) is 0 Å². The second kappa shape index (κ2) is 8.08. The summed E-state index contributed by atoms with van der Waals surface area (Å²) >= 11 is 0. The molecule has 1 atom stereocenters. The smallest absolute Gasteiger partial charge is 0.0575 e. The van der Waals surface area contributed by atoms with Crippen molar-refractivity contribution >= 4 is 0 Å². The first-order chi connectivity index (χ1) is 7.68. The molecule has 0 aliphatic heterocycles. The molecule has 0 amide bonds. The fourth-order valence-corrected chi connectivity index (χ4v) is 2.52. The lowest BCUT2D eigenvalue weighted by Crippen LogP contribution is -2.29. The van der Waals surface area contributed by atoms with Gasteiger partial charge in [-0.2, -0.15) is 0 Å². The number of rotatable bonds is 8. The Morgan fingerprint density at radius 1 is 1.19 bits per heavy atom. The quantitative estimate of drug-likeness (QED) is 0.642. The molecule has 1 N–H and O–H groups in total. The fourth-order valence-electron chi connectivity index (χ4n) is 2.52. The third-order valence-corrected chi connectivity index (χ3v) is 3.29. The van der Waals surface area contributed by atoms with Gasteiger partial charge in [-0.25, -0.2) is 0 Å². The molecule has 1 aliphatic rings. The van der Waals surface area contributed by atoms with Crippen molar-refractivity contribution < 1.29 is 4.74 Å². The molecule has 1 unspecified atom stereocenters. The molecule has 1 saturated carbocycles. The maximum absolute atomic E-state index is 5.83. The van der Waals surface area contributed by atoms with Gasteiger partial charge in [0.15, 0.2) is 0 Å². The van der Waals surface area contributed by atoms with Crippen LogP contribution >= 0.6 is 0 Å². The average Bonchev–Trinajstić information content (AvgIpc) is 2.68. The fraction of sp³-hybridized carbons (Fsp3) is 1.00. The van der Waals surface area contributed by atoms with Crippen molar-refractivity contribution in [3.05, 3.63) is 0 Å². The summed E-state index contributed by atoms with van der Waals surface area (Å²) in [6, 6.07) is 0.645. The maximum atomic E-state index is 5.83. The summed E-state index contributed by atoms with van der Waals surface area (Å²) in [6.45, 7) is 8.87. The van der Waals surface area contributed by atoms with Crippen molar-refractivity contribution in [1.29, 1.82) is 0 Å². The van der Waals surface area contributed by atoms with Crippen LogP contribution in [0.3, 0.4) is 0 Å². The van der Waals surface area contributed by atoms with E-state index in [-0.39, 0.29) is 0 Å². The minimum atomic E-state index is 0.577. The summed E-state index contributed by atoms with van der Waals surface area (Å²) in [7, 11) is 0. The van der Waals surface area contributed by atoms with Crippen molar-refractivity contribution in [2.45, 2.75) is 71.4 Å². The Kier molecular flexibility index (Phi) is 7.06. The van der Waals surface area contributed by atoms with Crippen LogP contribution in [0.1, 0.15) is 59.3 Å². The molecule has 1 rings (SSSR count). The van der Waals surface area contributed by atoms with Crippen LogP contribution in [0.15, 0.2) is 0 Å². The molecule has 1 aliphatic carbocycles. The predicted octanol–water partition coefficient (Wildman–Crippen LogP) is 3.36. The summed E-state index contributed by atoms with van der Waals surface area (Å²) in [4.78, 5) is 0. The highest BCUT2D eigenvalue weighted by Crippen LogP contribution is 2.20. The lowest BCUT2D eigenvalue weighted by molar-refractivity contribution is 0.0566. The summed E-state index contributed by atoms with van der Waals surface area (Å²) in [5, 5.41) is 3.56. The largest absolute Gasteiger partial charge is 0.378 e. The monoisotopic (exact) mass is 227 g/mol. The minimum Gasteiger partial charge on any atom is -0.378 e. The zero-order valence-electron chi connectivity index (χ0n) is 11.3. The van der Waals surface area contributed by atoms with E-state index < -0.39 is 0 Å². The van der Waals surface area contributed by atoms with Crippen LogP contribution in [0.4, 0.5) is 0 Å². The molecular weight excluding hydrogens is 198 g/mol. The summed E-state index contributed by atoms with van der Waals surface area (Å²) in [5.41, 5.74) is 0. The molecule has 0 spiro atoms. The van der Waals surface area contributed by atoms with Crippen LogP contribution in [0, 0.1) is 5.92 Å². The highest BCUT2D eigenvalue weighted by Gasteiger charge is 2.14. The van der Waals surface area contributed by atoms with E-state index in [1.165, 1.54) is 32.1 Å². The van der Waals surface area contributed by atoms with Crippen LogP contribution in [0.2, 0.25) is 0 Å². The zero-order valence-corrected chi connectivity index (χ0v) is 11.3. The van der Waals surface area contributed by atoms with E-state index in [9.17, 15) is 0 Å². The first kappa shape index (κ1) is 14.0. The SMILES string of the molecule is CC(C)CC(C)NCCCOC1CCCC1. The molecule has 96 valence electrons. The van der Waals surface area contributed by atoms with Crippen molar-refractivity contribution in [1.82, 2.24) is 5.32 Å². The normalized spacial score (nSPS) is 19.5. The topological polar surface area (TPSA) is 21.3 Å². The van der Waals surface area contributed by atoms with Gasteiger partial charge in [-0.05, 0) is 45.1 Å². The Hall–Kier alpha value is -0.0800. The first-order valence-corrected chi connectivity index (χ1v) is 7.03. The molecule has 0 aromatic carbocycles. The maximum Gasteiger partial charge on any atom is 0.0575 e. The van der Waals surface area contributed by atoms with E-state index in [2.05, 4.69) is 26.1 Å². The van der Waals surface area contributed by atoms with Crippen molar-refractivity contribution in [2.75, 3.05) is 13.2 Å². The van der Waals surface area contributed by atoms with E-state index in [1.807, 2.05) is 0 Å². The van der Waals surface area contributed by atoms with Crippen LogP contribution in [0.25, 0.3) is 0 Å². The summed E-state index contributed by atoms with van der Waals surface area (Å²) in [5.74, 6) is 0.789. The van der Waals surface area contributed by atoms with Gasteiger partial charge in [0.2, 0.25) is 0 Å². The lowest BCUT2D eigenvalue weighted by atomic mass is 10.1. The Morgan fingerprint density at radius 3 is 2.50 bits per heavy atom. The average molecular weight is 227 g/mol. The molecule has 0 radical (unpaired) electrons. The van der Waals surface area contributed by atoms with Gasteiger partial charge in [0.25, 0.3) is 0 Å². The number of ether oxygens (including phenoxy) is 1. The van der Waals surface area contributed by atoms with Gasteiger partial charge in [0.1, 0.15) is 0 Å².